The van der Waals surface area contributed by atoms with Gasteiger partial charge in [0.1, 0.15) is 5.75 Å². The van der Waals surface area contributed by atoms with Gasteiger partial charge in [-0.1, -0.05) is 17.7 Å². The molecule has 0 radical (unpaired) electrons. The molecule has 2 aromatic carbocycles. The predicted octanol–water partition coefficient (Wildman–Crippen LogP) is 3.49. The fraction of sp³-hybridized carbons (Fsp3) is 0.118. The van der Waals surface area contributed by atoms with Crippen molar-refractivity contribution in [3.05, 3.63) is 58.6 Å². The summed E-state index contributed by atoms with van der Waals surface area (Å²) in [5.74, 6) is -0.0559. The van der Waals surface area contributed by atoms with Gasteiger partial charge >= 0.3 is 0 Å². The van der Waals surface area contributed by atoms with Gasteiger partial charge < -0.3 is 10.1 Å². The van der Waals surface area contributed by atoms with E-state index in [1.165, 1.54) is 6.07 Å². The molecule has 1 amide bonds. The van der Waals surface area contributed by atoms with Crippen molar-refractivity contribution < 1.29 is 9.53 Å². The molecule has 114 valence electrons. The van der Waals surface area contributed by atoms with E-state index in [0.717, 1.165) is 0 Å². The van der Waals surface area contributed by atoms with Gasteiger partial charge in [-0.15, -0.1) is 0 Å². The first-order valence-electron chi connectivity index (χ1n) is 6.71. The molecule has 1 N–H and O–H groups in total. The maximum absolute atomic E-state index is 12.1. The SMILES string of the molecule is C[C@H](Oc1ccc(C#N)cc1Cl)C(=O)Nc1cccc(C#N)c1. The van der Waals surface area contributed by atoms with Crippen LogP contribution in [0.1, 0.15) is 18.1 Å². The molecule has 0 aliphatic carbocycles. The van der Waals surface area contributed by atoms with Crippen molar-refractivity contribution in [2.75, 3.05) is 5.32 Å². The fourth-order valence-electron chi connectivity index (χ4n) is 1.82. The van der Waals surface area contributed by atoms with E-state index in [4.69, 9.17) is 26.9 Å². The number of halogens is 1. The van der Waals surface area contributed by atoms with Crippen LogP contribution in [0.5, 0.6) is 5.75 Å². The van der Waals surface area contributed by atoms with Gasteiger partial charge in [-0.25, -0.2) is 0 Å². The molecule has 5 nitrogen and oxygen atoms in total. The van der Waals surface area contributed by atoms with Gasteiger partial charge in [0, 0.05) is 5.69 Å². The molecule has 2 aromatic rings. The Morgan fingerprint density at radius 1 is 1.17 bits per heavy atom. The molecule has 0 heterocycles. The summed E-state index contributed by atoms with van der Waals surface area (Å²) in [6.07, 6.45) is -0.800. The Morgan fingerprint density at radius 3 is 2.52 bits per heavy atom. The summed E-state index contributed by atoms with van der Waals surface area (Å²) < 4.78 is 5.52. The zero-order valence-electron chi connectivity index (χ0n) is 12.2. The van der Waals surface area contributed by atoms with Crippen LogP contribution >= 0.6 is 11.6 Å². The quantitative estimate of drug-likeness (QED) is 0.932. The first-order valence-corrected chi connectivity index (χ1v) is 7.08. The Bertz CT molecular complexity index is 821. The molecule has 1 atom stereocenters. The van der Waals surface area contributed by atoms with Crippen molar-refractivity contribution in [1.29, 1.82) is 10.5 Å². The van der Waals surface area contributed by atoms with E-state index in [-0.39, 0.29) is 10.9 Å². The van der Waals surface area contributed by atoms with Gasteiger partial charge in [0.05, 0.1) is 28.3 Å². The van der Waals surface area contributed by atoms with Crippen LogP contribution in [-0.4, -0.2) is 12.0 Å². The average Bonchev–Trinajstić information content (AvgIpc) is 2.56. The lowest BCUT2D eigenvalue weighted by Crippen LogP contribution is -2.30. The number of carbonyl (C=O) groups excluding carboxylic acids is 1. The van der Waals surface area contributed by atoms with Gasteiger partial charge in [0.25, 0.3) is 5.91 Å². The smallest absolute Gasteiger partial charge is 0.265 e. The summed E-state index contributed by atoms with van der Waals surface area (Å²) in [6.45, 7) is 1.58. The number of hydrogen-bond donors (Lipinski definition) is 1. The zero-order chi connectivity index (χ0) is 16.8. The summed E-state index contributed by atoms with van der Waals surface area (Å²) >= 11 is 6.01. The monoisotopic (exact) mass is 325 g/mol. The fourth-order valence-corrected chi connectivity index (χ4v) is 2.05. The lowest BCUT2D eigenvalue weighted by atomic mass is 10.2. The normalized spacial score (nSPS) is 11.0. The topological polar surface area (TPSA) is 85.9 Å². The average molecular weight is 326 g/mol. The van der Waals surface area contributed by atoms with E-state index < -0.39 is 6.10 Å². The summed E-state index contributed by atoms with van der Waals surface area (Å²) in [5.41, 5.74) is 1.37. The summed E-state index contributed by atoms with van der Waals surface area (Å²) in [7, 11) is 0. The number of carbonyl (C=O) groups is 1. The molecule has 0 spiro atoms. The number of hydrogen-bond acceptors (Lipinski definition) is 4. The van der Waals surface area contributed by atoms with Crippen molar-refractivity contribution in [3.63, 3.8) is 0 Å². The summed E-state index contributed by atoms with van der Waals surface area (Å²) in [4.78, 5) is 12.1. The molecule has 6 heteroatoms. The Kier molecular flexibility index (Phi) is 5.19. The molecule has 2 rings (SSSR count). The van der Waals surface area contributed by atoms with Crippen molar-refractivity contribution in [1.82, 2.24) is 0 Å². The van der Waals surface area contributed by atoms with E-state index in [2.05, 4.69) is 5.32 Å². The van der Waals surface area contributed by atoms with Crippen molar-refractivity contribution in [2.45, 2.75) is 13.0 Å². The van der Waals surface area contributed by atoms with E-state index in [0.29, 0.717) is 22.6 Å². The number of nitrogens with zero attached hydrogens (tertiary/aromatic N) is 2. The maximum atomic E-state index is 12.1. The number of nitrogens with one attached hydrogen (secondary N) is 1. The van der Waals surface area contributed by atoms with Crippen LogP contribution in [0.25, 0.3) is 0 Å². The number of benzene rings is 2. The molecule has 0 aromatic heterocycles. The van der Waals surface area contributed by atoms with Gasteiger partial charge in [-0.2, -0.15) is 10.5 Å². The Balaban J connectivity index is 2.05. The molecule has 0 fully saturated rings. The highest BCUT2D eigenvalue weighted by atomic mass is 35.5. The van der Waals surface area contributed by atoms with Gasteiger partial charge in [-0.3, -0.25) is 4.79 Å². The van der Waals surface area contributed by atoms with Crippen LogP contribution in [0.3, 0.4) is 0 Å². The first-order chi connectivity index (χ1) is 11.0. The van der Waals surface area contributed by atoms with Crippen LogP contribution in [0.15, 0.2) is 42.5 Å². The van der Waals surface area contributed by atoms with Crippen molar-refractivity contribution in [3.8, 4) is 17.9 Å². The van der Waals surface area contributed by atoms with Gasteiger partial charge in [0.15, 0.2) is 6.10 Å². The zero-order valence-corrected chi connectivity index (χ0v) is 13.0. The minimum absolute atomic E-state index is 0.259. The second-order valence-corrected chi connectivity index (χ2v) is 5.11. The minimum atomic E-state index is -0.800. The number of anilines is 1. The Labute approximate surface area is 138 Å². The van der Waals surface area contributed by atoms with Crippen LogP contribution in [0, 0.1) is 22.7 Å². The van der Waals surface area contributed by atoms with E-state index in [1.807, 2.05) is 12.1 Å². The van der Waals surface area contributed by atoms with Crippen molar-refractivity contribution >= 4 is 23.2 Å². The lowest BCUT2D eigenvalue weighted by Gasteiger charge is -2.15. The van der Waals surface area contributed by atoms with Crippen LogP contribution in [0.4, 0.5) is 5.69 Å². The number of amides is 1. The Hall–Kier alpha value is -3.02. The number of ether oxygens (including phenoxy) is 1. The van der Waals surface area contributed by atoms with Crippen LogP contribution in [-0.2, 0) is 4.79 Å². The largest absolute Gasteiger partial charge is 0.479 e. The minimum Gasteiger partial charge on any atom is -0.479 e. The van der Waals surface area contributed by atoms with Gasteiger partial charge in [0.2, 0.25) is 0 Å². The standard InChI is InChI=1S/C17H12ClN3O2/c1-11(23-16-6-5-13(10-20)8-15(16)18)17(22)21-14-4-2-3-12(7-14)9-19/h2-8,11H,1H3,(H,21,22)/t11-/m0/s1. The third kappa shape index (κ3) is 4.23. The third-order valence-corrected chi connectivity index (χ3v) is 3.29. The van der Waals surface area contributed by atoms with Crippen LogP contribution < -0.4 is 10.1 Å². The second-order valence-electron chi connectivity index (χ2n) is 4.70. The molecule has 0 aliphatic rings. The molecule has 23 heavy (non-hydrogen) atoms. The molecule has 0 bridgehead atoms. The molecule has 0 aliphatic heterocycles. The van der Waals surface area contributed by atoms with Crippen molar-refractivity contribution in [2.24, 2.45) is 0 Å². The third-order valence-electron chi connectivity index (χ3n) is 2.99. The summed E-state index contributed by atoms with van der Waals surface area (Å²) in [5, 5.41) is 20.6. The lowest BCUT2D eigenvalue weighted by molar-refractivity contribution is -0.122. The number of nitriles is 2. The highest BCUT2D eigenvalue weighted by molar-refractivity contribution is 6.32. The van der Waals surface area contributed by atoms with E-state index in [9.17, 15) is 4.79 Å². The van der Waals surface area contributed by atoms with Gasteiger partial charge in [-0.05, 0) is 43.3 Å². The van der Waals surface area contributed by atoms with E-state index in [1.54, 1.807) is 43.3 Å². The highest BCUT2D eigenvalue weighted by Gasteiger charge is 2.16. The van der Waals surface area contributed by atoms with Crippen LogP contribution in [0.2, 0.25) is 5.02 Å². The first kappa shape index (κ1) is 16.4. The number of rotatable bonds is 4. The summed E-state index contributed by atoms with van der Waals surface area (Å²) in [6, 6.07) is 15.1. The molecule has 0 unspecified atom stereocenters. The molecule has 0 saturated carbocycles. The molecule has 0 saturated heterocycles. The molecular formula is C17H12ClN3O2. The van der Waals surface area contributed by atoms with E-state index >= 15 is 0 Å². The predicted molar refractivity (Wildman–Crippen MR) is 86.0 cm³/mol. The maximum Gasteiger partial charge on any atom is 0.265 e. The Morgan fingerprint density at radius 2 is 1.87 bits per heavy atom. The molecular weight excluding hydrogens is 314 g/mol. The highest BCUT2D eigenvalue weighted by Crippen LogP contribution is 2.26. The second kappa shape index (κ2) is 7.31.